The first-order valence-corrected chi connectivity index (χ1v) is 8.96. The minimum atomic E-state index is 0.0220. The largest absolute Gasteiger partial charge is 0.497 e. The van der Waals surface area contributed by atoms with Gasteiger partial charge in [0.05, 0.1) is 12.9 Å². The van der Waals surface area contributed by atoms with Crippen molar-refractivity contribution in [1.29, 1.82) is 0 Å². The van der Waals surface area contributed by atoms with Crippen LogP contribution in [0.25, 0.3) is 11.4 Å². The monoisotopic (exact) mass is 366 g/mol. The molecule has 0 aliphatic heterocycles. The van der Waals surface area contributed by atoms with Crippen molar-refractivity contribution in [3.63, 3.8) is 0 Å². The number of Topliss-reactive ketones (excluding diaryl/α,β-unsaturated/α-hetero) is 1. The minimum Gasteiger partial charge on any atom is -0.497 e. The lowest BCUT2D eigenvalue weighted by atomic mass is 10.1. The molecule has 0 saturated heterocycles. The number of ether oxygens (including phenoxy) is 1. The van der Waals surface area contributed by atoms with Crippen LogP contribution in [0, 0.1) is 0 Å². The van der Waals surface area contributed by atoms with Crippen LogP contribution in [0.5, 0.6) is 5.75 Å². The van der Waals surface area contributed by atoms with E-state index in [0.717, 1.165) is 11.3 Å². The molecule has 0 aliphatic carbocycles. The number of pyridine rings is 1. The molecule has 2 aromatic heterocycles. The van der Waals surface area contributed by atoms with E-state index in [1.165, 1.54) is 11.8 Å². The van der Waals surface area contributed by atoms with Crippen LogP contribution in [-0.4, -0.2) is 38.4 Å². The van der Waals surface area contributed by atoms with Crippen LogP contribution in [0.2, 0.25) is 0 Å². The van der Waals surface area contributed by atoms with Crippen LogP contribution in [0.15, 0.2) is 66.6 Å². The average Bonchev–Trinajstić information content (AvgIpc) is 3.10. The van der Waals surface area contributed by atoms with E-state index in [-0.39, 0.29) is 11.5 Å². The molecule has 0 saturated carbocycles. The van der Waals surface area contributed by atoms with Gasteiger partial charge in [-0.15, -0.1) is 16.8 Å². The van der Waals surface area contributed by atoms with Gasteiger partial charge in [-0.2, -0.15) is 0 Å². The number of ketones is 1. The van der Waals surface area contributed by atoms with E-state index in [2.05, 4.69) is 21.8 Å². The maximum atomic E-state index is 12.4. The SMILES string of the molecule is C=CCn1c(SCC(=O)c2ccc(OC)cc2)nnc1-c1cccnc1. The molecule has 1 aromatic carbocycles. The second-order valence-electron chi connectivity index (χ2n) is 5.39. The van der Waals surface area contributed by atoms with E-state index in [0.29, 0.717) is 23.1 Å². The lowest BCUT2D eigenvalue weighted by molar-refractivity contribution is 0.102. The van der Waals surface area contributed by atoms with Gasteiger partial charge in [0.15, 0.2) is 16.8 Å². The van der Waals surface area contributed by atoms with Gasteiger partial charge in [0.2, 0.25) is 0 Å². The fourth-order valence-corrected chi connectivity index (χ4v) is 3.23. The number of methoxy groups -OCH3 is 1. The number of allylic oxidation sites excluding steroid dienone is 1. The van der Waals surface area contributed by atoms with Crippen molar-refractivity contribution in [2.45, 2.75) is 11.7 Å². The molecule has 0 spiro atoms. The van der Waals surface area contributed by atoms with Crippen LogP contribution in [0.3, 0.4) is 0 Å². The molecule has 0 aliphatic rings. The Balaban J connectivity index is 1.76. The molecule has 0 N–H and O–H groups in total. The van der Waals surface area contributed by atoms with E-state index in [1.54, 1.807) is 49.8 Å². The van der Waals surface area contributed by atoms with Crippen LogP contribution in [0.1, 0.15) is 10.4 Å². The Bertz CT molecular complexity index is 892. The Kier molecular flexibility index (Phi) is 5.80. The fourth-order valence-electron chi connectivity index (χ4n) is 2.39. The number of rotatable bonds is 8. The summed E-state index contributed by atoms with van der Waals surface area (Å²) in [6, 6.07) is 10.8. The third-order valence-electron chi connectivity index (χ3n) is 3.69. The maximum absolute atomic E-state index is 12.4. The normalized spacial score (nSPS) is 10.5. The molecule has 0 atom stereocenters. The highest BCUT2D eigenvalue weighted by atomic mass is 32.2. The van der Waals surface area contributed by atoms with Gasteiger partial charge in [0.25, 0.3) is 0 Å². The number of carbonyl (C=O) groups is 1. The zero-order valence-electron chi connectivity index (χ0n) is 14.3. The second kappa shape index (κ2) is 8.44. The summed E-state index contributed by atoms with van der Waals surface area (Å²) in [4.78, 5) is 16.5. The first-order chi connectivity index (χ1) is 12.7. The molecule has 7 heteroatoms. The Morgan fingerprint density at radius 2 is 2.08 bits per heavy atom. The van der Waals surface area contributed by atoms with Crippen molar-refractivity contribution in [1.82, 2.24) is 19.7 Å². The van der Waals surface area contributed by atoms with E-state index < -0.39 is 0 Å². The summed E-state index contributed by atoms with van der Waals surface area (Å²) < 4.78 is 7.04. The summed E-state index contributed by atoms with van der Waals surface area (Å²) in [5.74, 6) is 1.72. The van der Waals surface area contributed by atoms with Gasteiger partial charge >= 0.3 is 0 Å². The standard InChI is InChI=1S/C19H18N4O2S/c1-3-11-23-18(15-5-4-10-20-12-15)21-22-19(23)26-13-17(24)14-6-8-16(25-2)9-7-14/h3-10,12H,1,11,13H2,2H3. The molecule has 3 aromatic rings. The van der Waals surface area contributed by atoms with Crippen LogP contribution >= 0.6 is 11.8 Å². The highest BCUT2D eigenvalue weighted by molar-refractivity contribution is 7.99. The lowest BCUT2D eigenvalue weighted by Crippen LogP contribution is -2.05. The van der Waals surface area contributed by atoms with Gasteiger partial charge in [0.1, 0.15) is 5.75 Å². The Labute approximate surface area is 155 Å². The van der Waals surface area contributed by atoms with Gasteiger partial charge < -0.3 is 4.74 Å². The lowest BCUT2D eigenvalue weighted by Gasteiger charge is -2.07. The molecule has 3 rings (SSSR count). The van der Waals surface area contributed by atoms with Gasteiger partial charge in [-0.05, 0) is 36.4 Å². The molecule has 0 unspecified atom stereocenters. The number of hydrogen-bond acceptors (Lipinski definition) is 6. The first-order valence-electron chi connectivity index (χ1n) is 7.97. The summed E-state index contributed by atoms with van der Waals surface area (Å²) >= 11 is 1.36. The summed E-state index contributed by atoms with van der Waals surface area (Å²) in [7, 11) is 1.60. The molecule has 6 nitrogen and oxygen atoms in total. The van der Waals surface area contributed by atoms with Gasteiger partial charge in [-0.3, -0.25) is 14.3 Å². The quantitative estimate of drug-likeness (QED) is 0.345. The zero-order chi connectivity index (χ0) is 18.4. The molecule has 0 bridgehead atoms. The highest BCUT2D eigenvalue weighted by Crippen LogP contribution is 2.24. The Morgan fingerprint density at radius 1 is 1.27 bits per heavy atom. The minimum absolute atomic E-state index is 0.0220. The van der Waals surface area contributed by atoms with Gasteiger partial charge in [0, 0.05) is 30.1 Å². The van der Waals surface area contributed by atoms with Crippen LogP contribution < -0.4 is 4.74 Å². The van der Waals surface area contributed by atoms with E-state index >= 15 is 0 Å². The summed E-state index contributed by atoms with van der Waals surface area (Å²) in [5, 5.41) is 9.16. The molecule has 0 fully saturated rings. The van der Waals surface area contributed by atoms with E-state index in [9.17, 15) is 4.79 Å². The molecule has 0 amide bonds. The first kappa shape index (κ1) is 17.9. The van der Waals surface area contributed by atoms with Crippen molar-refractivity contribution >= 4 is 17.5 Å². The van der Waals surface area contributed by atoms with Crippen molar-refractivity contribution in [2.24, 2.45) is 0 Å². The van der Waals surface area contributed by atoms with Crippen molar-refractivity contribution in [3.8, 4) is 17.1 Å². The molecule has 0 radical (unpaired) electrons. The zero-order valence-corrected chi connectivity index (χ0v) is 15.1. The topological polar surface area (TPSA) is 69.9 Å². The van der Waals surface area contributed by atoms with Gasteiger partial charge in [-0.1, -0.05) is 17.8 Å². The molecular formula is C19H18N4O2S. The fraction of sp³-hybridized carbons (Fsp3) is 0.158. The predicted molar refractivity (Wildman–Crippen MR) is 101 cm³/mol. The number of benzene rings is 1. The number of hydrogen-bond donors (Lipinski definition) is 0. The molecule has 2 heterocycles. The number of carbonyl (C=O) groups excluding carboxylic acids is 1. The van der Waals surface area contributed by atoms with E-state index in [1.807, 2.05) is 16.7 Å². The van der Waals surface area contributed by atoms with Crippen LogP contribution in [-0.2, 0) is 6.54 Å². The second-order valence-corrected chi connectivity index (χ2v) is 6.33. The predicted octanol–water partition coefficient (Wildman–Crippen LogP) is 3.51. The molecule has 26 heavy (non-hydrogen) atoms. The number of thioether (sulfide) groups is 1. The van der Waals surface area contributed by atoms with Crippen molar-refractivity contribution in [2.75, 3.05) is 12.9 Å². The maximum Gasteiger partial charge on any atom is 0.192 e. The highest BCUT2D eigenvalue weighted by Gasteiger charge is 2.15. The summed E-state index contributed by atoms with van der Waals surface area (Å²) in [5.41, 5.74) is 1.51. The van der Waals surface area contributed by atoms with Crippen molar-refractivity contribution < 1.29 is 9.53 Å². The Hall–Kier alpha value is -2.93. The number of nitrogens with zero attached hydrogens (tertiary/aromatic N) is 4. The third kappa shape index (κ3) is 4.00. The summed E-state index contributed by atoms with van der Waals surface area (Å²) in [6.07, 6.45) is 5.22. The van der Waals surface area contributed by atoms with Gasteiger partial charge in [-0.25, -0.2) is 0 Å². The molecule has 132 valence electrons. The van der Waals surface area contributed by atoms with Crippen molar-refractivity contribution in [3.05, 3.63) is 67.0 Å². The van der Waals surface area contributed by atoms with E-state index in [4.69, 9.17) is 4.74 Å². The third-order valence-corrected chi connectivity index (χ3v) is 4.66. The summed E-state index contributed by atoms with van der Waals surface area (Å²) in [6.45, 7) is 4.34. The van der Waals surface area contributed by atoms with Crippen LogP contribution in [0.4, 0.5) is 0 Å². The Morgan fingerprint density at radius 3 is 2.73 bits per heavy atom. The average molecular weight is 366 g/mol. The number of aromatic nitrogens is 4. The smallest absolute Gasteiger partial charge is 0.192 e. The molecular weight excluding hydrogens is 348 g/mol.